The van der Waals surface area contributed by atoms with E-state index in [9.17, 15) is 4.79 Å². The second kappa shape index (κ2) is 5.77. The molecule has 0 aliphatic carbocycles. The van der Waals surface area contributed by atoms with Gasteiger partial charge in [-0.25, -0.2) is 0 Å². The van der Waals surface area contributed by atoms with Crippen LogP contribution in [0.5, 0.6) is 0 Å². The van der Waals surface area contributed by atoms with E-state index in [2.05, 4.69) is 0 Å². The highest BCUT2D eigenvalue weighted by atomic mass is 16.5. The van der Waals surface area contributed by atoms with Crippen molar-refractivity contribution >= 4 is 5.91 Å². The van der Waals surface area contributed by atoms with Crippen molar-refractivity contribution in [3.63, 3.8) is 0 Å². The predicted octanol–water partition coefficient (Wildman–Crippen LogP) is 1.23. The first-order valence-electron chi connectivity index (χ1n) is 4.12. The first kappa shape index (κ1) is 11.2. The summed E-state index contributed by atoms with van der Waals surface area (Å²) in [5.74, 6) is -0.362. The minimum atomic E-state index is -0.362. The summed E-state index contributed by atoms with van der Waals surface area (Å²) in [4.78, 5) is 10.5. The Morgan fingerprint density at radius 2 is 2.17 bits per heavy atom. The molecule has 0 radical (unpaired) electrons. The van der Waals surface area contributed by atoms with E-state index in [1.807, 2.05) is 13.8 Å². The summed E-state index contributed by atoms with van der Waals surface area (Å²) in [5.41, 5.74) is 5.63. The van der Waals surface area contributed by atoms with E-state index in [1.165, 1.54) is 0 Å². The van der Waals surface area contributed by atoms with Gasteiger partial charge in [0.05, 0.1) is 12.7 Å². The lowest BCUT2D eigenvalue weighted by Gasteiger charge is -2.04. The highest BCUT2D eigenvalue weighted by Gasteiger charge is 1.96. The lowest BCUT2D eigenvalue weighted by atomic mass is 10.2. The number of rotatable bonds is 5. The Hall–Kier alpha value is -0.830. The third kappa shape index (κ3) is 5.92. The number of nitrogens with two attached hydrogens (primary N) is 1. The third-order valence-corrected chi connectivity index (χ3v) is 1.41. The van der Waals surface area contributed by atoms with Crippen LogP contribution in [-0.4, -0.2) is 18.6 Å². The highest BCUT2D eigenvalue weighted by molar-refractivity contribution is 5.91. The van der Waals surface area contributed by atoms with Gasteiger partial charge < -0.3 is 10.5 Å². The van der Waals surface area contributed by atoms with Crippen LogP contribution in [0.15, 0.2) is 11.6 Å². The minimum absolute atomic E-state index is 0.243. The molecule has 0 atom stereocenters. The monoisotopic (exact) mass is 171 g/mol. The van der Waals surface area contributed by atoms with Crippen LogP contribution in [0.25, 0.3) is 0 Å². The third-order valence-electron chi connectivity index (χ3n) is 1.41. The molecule has 0 fully saturated rings. The molecule has 0 unspecified atom stereocenters. The van der Waals surface area contributed by atoms with E-state index < -0.39 is 0 Å². The van der Waals surface area contributed by atoms with Crippen molar-refractivity contribution in [1.82, 2.24) is 0 Å². The molecule has 3 nitrogen and oxygen atoms in total. The van der Waals surface area contributed by atoms with Gasteiger partial charge in [0, 0.05) is 5.57 Å². The molecule has 1 amide bonds. The normalized spacial score (nSPS) is 12.2. The van der Waals surface area contributed by atoms with E-state index >= 15 is 0 Å². The van der Waals surface area contributed by atoms with Crippen LogP contribution in [0, 0.1) is 0 Å². The topological polar surface area (TPSA) is 52.3 Å². The van der Waals surface area contributed by atoms with Crippen molar-refractivity contribution in [2.45, 2.75) is 33.3 Å². The van der Waals surface area contributed by atoms with Crippen molar-refractivity contribution in [1.29, 1.82) is 0 Å². The average molecular weight is 171 g/mol. The maximum absolute atomic E-state index is 10.5. The van der Waals surface area contributed by atoms with E-state index in [4.69, 9.17) is 10.5 Å². The van der Waals surface area contributed by atoms with Crippen LogP contribution >= 0.6 is 0 Å². The van der Waals surface area contributed by atoms with Crippen LogP contribution in [0.3, 0.4) is 0 Å². The lowest BCUT2D eigenvalue weighted by molar-refractivity contribution is -0.114. The number of carbonyl (C=O) groups excluding carboxylic acids is 1. The first-order chi connectivity index (χ1) is 5.54. The fourth-order valence-electron chi connectivity index (χ4n) is 0.680. The molecule has 0 aromatic heterocycles. The Morgan fingerprint density at radius 1 is 1.58 bits per heavy atom. The lowest BCUT2D eigenvalue weighted by Crippen LogP contribution is -2.12. The highest BCUT2D eigenvalue weighted by Crippen LogP contribution is 1.96. The molecule has 3 heteroatoms. The molecule has 0 spiro atoms. The van der Waals surface area contributed by atoms with Gasteiger partial charge >= 0.3 is 0 Å². The molecule has 70 valence electrons. The van der Waals surface area contributed by atoms with Crippen LogP contribution in [0.2, 0.25) is 0 Å². The van der Waals surface area contributed by atoms with Gasteiger partial charge in [-0.1, -0.05) is 6.08 Å². The fourth-order valence-corrected chi connectivity index (χ4v) is 0.680. The van der Waals surface area contributed by atoms with Crippen molar-refractivity contribution in [2.24, 2.45) is 5.73 Å². The van der Waals surface area contributed by atoms with Gasteiger partial charge in [-0.05, 0) is 27.2 Å². The fraction of sp³-hybridized carbons (Fsp3) is 0.667. The standard InChI is InChI=1S/C9H17NO2/c1-7(2)12-6-4-5-8(3)9(10)11/h5,7H,4,6H2,1-3H3,(H2,10,11)/b8-5+. The van der Waals surface area contributed by atoms with Crippen LogP contribution < -0.4 is 5.73 Å². The van der Waals surface area contributed by atoms with E-state index in [-0.39, 0.29) is 12.0 Å². The molecule has 0 saturated carbocycles. The van der Waals surface area contributed by atoms with E-state index in [0.29, 0.717) is 12.2 Å². The Balaban J connectivity index is 3.54. The molecular weight excluding hydrogens is 154 g/mol. The van der Waals surface area contributed by atoms with Crippen molar-refractivity contribution in [3.05, 3.63) is 11.6 Å². The number of carbonyl (C=O) groups is 1. The molecule has 0 heterocycles. The number of hydrogen-bond acceptors (Lipinski definition) is 2. The van der Waals surface area contributed by atoms with Crippen molar-refractivity contribution < 1.29 is 9.53 Å². The van der Waals surface area contributed by atoms with Crippen LogP contribution in [0.1, 0.15) is 27.2 Å². The number of hydrogen-bond donors (Lipinski definition) is 1. The van der Waals surface area contributed by atoms with Gasteiger partial charge in [0.15, 0.2) is 0 Å². The smallest absolute Gasteiger partial charge is 0.244 e. The largest absolute Gasteiger partial charge is 0.378 e. The summed E-state index contributed by atoms with van der Waals surface area (Å²) in [5, 5.41) is 0. The number of amides is 1. The van der Waals surface area contributed by atoms with Crippen LogP contribution in [-0.2, 0) is 9.53 Å². The Labute approximate surface area is 73.6 Å². The second-order valence-electron chi connectivity index (χ2n) is 2.96. The molecule has 0 saturated heterocycles. The zero-order chi connectivity index (χ0) is 9.56. The second-order valence-corrected chi connectivity index (χ2v) is 2.96. The molecule has 0 bridgehead atoms. The molecular formula is C9H17NO2. The van der Waals surface area contributed by atoms with Gasteiger partial charge in [-0.2, -0.15) is 0 Å². The van der Waals surface area contributed by atoms with Gasteiger partial charge in [0.25, 0.3) is 0 Å². The van der Waals surface area contributed by atoms with Gasteiger partial charge in [0.2, 0.25) is 5.91 Å². The Bertz CT molecular complexity index is 173. The Kier molecular flexibility index (Phi) is 5.37. The quantitative estimate of drug-likeness (QED) is 0.499. The van der Waals surface area contributed by atoms with E-state index in [1.54, 1.807) is 13.0 Å². The first-order valence-corrected chi connectivity index (χ1v) is 4.12. The maximum Gasteiger partial charge on any atom is 0.244 e. The van der Waals surface area contributed by atoms with Crippen molar-refractivity contribution in [2.75, 3.05) is 6.61 Å². The minimum Gasteiger partial charge on any atom is -0.378 e. The zero-order valence-corrected chi connectivity index (χ0v) is 7.96. The Morgan fingerprint density at radius 3 is 2.58 bits per heavy atom. The van der Waals surface area contributed by atoms with Gasteiger partial charge in [0.1, 0.15) is 0 Å². The number of ether oxygens (including phenoxy) is 1. The molecule has 0 aromatic rings. The van der Waals surface area contributed by atoms with Gasteiger partial charge in [-0.3, -0.25) is 4.79 Å². The summed E-state index contributed by atoms with van der Waals surface area (Å²) >= 11 is 0. The number of primary amides is 1. The molecule has 2 N–H and O–H groups in total. The SMILES string of the molecule is C/C(=C\CCOC(C)C)C(N)=O. The van der Waals surface area contributed by atoms with E-state index in [0.717, 1.165) is 6.42 Å². The summed E-state index contributed by atoms with van der Waals surface area (Å²) < 4.78 is 5.28. The van der Waals surface area contributed by atoms with Crippen molar-refractivity contribution in [3.8, 4) is 0 Å². The molecule has 12 heavy (non-hydrogen) atoms. The van der Waals surface area contributed by atoms with Gasteiger partial charge in [-0.15, -0.1) is 0 Å². The van der Waals surface area contributed by atoms with Crippen LogP contribution in [0.4, 0.5) is 0 Å². The summed E-state index contributed by atoms with van der Waals surface area (Å²) in [7, 11) is 0. The summed E-state index contributed by atoms with van der Waals surface area (Å²) in [6.07, 6.45) is 2.78. The maximum atomic E-state index is 10.5. The zero-order valence-electron chi connectivity index (χ0n) is 7.96. The molecule has 0 aliphatic rings. The summed E-state index contributed by atoms with van der Waals surface area (Å²) in [6.45, 7) is 6.30. The molecule has 0 aromatic carbocycles. The summed E-state index contributed by atoms with van der Waals surface area (Å²) in [6, 6.07) is 0. The predicted molar refractivity (Wildman–Crippen MR) is 48.7 cm³/mol. The molecule has 0 aliphatic heterocycles. The molecule has 0 rings (SSSR count). The average Bonchev–Trinajstić information content (AvgIpc) is 1.97.